The number of hydrogen-bond acceptors (Lipinski definition) is 5. The van der Waals surface area contributed by atoms with Crippen molar-refractivity contribution < 1.29 is 15.0 Å². The Labute approximate surface area is 142 Å². The van der Waals surface area contributed by atoms with Gasteiger partial charge in [-0.25, -0.2) is 0 Å². The zero-order chi connectivity index (χ0) is 16.8. The van der Waals surface area contributed by atoms with Crippen LogP contribution in [0.1, 0.15) is 25.8 Å². The molecule has 1 aliphatic rings. The molecule has 1 amide bonds. The van der Waals surface area contributed by atoms with Gasteiger partial charge in [0.2, 0.25) is 5.91 Å². The summed E-state index contributed by atoms with van der Waals surface area (Å²) < 4.78 is 0. The van der Waals surface area contributed by atoms with Crippen LogP contribution in [0.5, 0.6) is 0 Å². The van der Waals surface area contributed by atoms with Gasteiger partial charge < -0.3 is 15.5 Å². The fourth-order valence-corrected chi connectivity index (χ4v) is 3.95. The van der Waals surface area contributed by atoms with Gasteiger partial charge in [-0.05, 0) is 40.6 Å². The maximum absolute atomic E-state index is 12.3. The van der Waals surface area contributed by atoms with Gasteiger partial charge in [-0.3, -0.25) is 9.69 Å². The summed E-state index contributed by atoms with van der Waals surface area (Å²) in [6.45, 7) is 5.70. The Morgan fingerprint density at radius 1 is 1.39 bits per heavy atom. The number of hydrogen-bond donors (Lipinski definition) is 3. The van der Waals surface area contributed by atoms with Crippen molar-refractivity contribution in [2.24, 2.45) is 11.8 Å². The Morgan fingerprint density at radius 2 is 2.13 bits per heavy atom. The van der Waals surface area contributed by atoms with Gasteiger partial charge in [0.1, 0.15) is 0 Å². The molecule has 0 unspecified atom stereocenters. The van der Waals surface area contributed by atoms with E-state index < -0.39 is 0 Å². The molecule has 1 fully saturated rings. The third-order valence-corrected chi connectivity index (χ3v) is 5.49. The zero-order valence-corrected chi connectivity index (χ0v) is 14.8. The summed E-state index contributed by atoms with van der Waals surface area (Å²) in [5.41, 5.74) is 1.21. The van der Waals surface area contributed by atoms with Crippen molar-refractivity contribution in [3.63, 3.8) is 0 Å². The monoisotopic (exact) mass is 340 g/mol. The van der Waals surface area contributed by atoms with Crippen molar-refractivity contribution in [1.82, 2.24) is 10.2 Å². The van der Waals surface area contributed by atoms with Crippen LogP contribution in [-0.4, -0.2) is 59.4 Å². The van der Waals surface area contributed by atoms with E-state index in [0.29, 0.717) is 24.8 Å². The summed E-state index contributed by atoms with van der Waals surface area (Å²) in [6, 6.07) is 1.91. The number of carbonyl (C=O) groups is 1. The second-order valence-corrected chi connectivity index (χ2v) is 7.47. The highest BCUT2D eigenvalue weighted by atomic mass is 32.1. The van der Waals surface area contributed by atoms with E-state index >= 15 is 0 Å². The molecule has 0 saturated carbocycles. The molecule has 2 atom stereocenters. The summed E-state index contributed by atoms with van der Waals surface area (Å²) in [7, 11) is 0. The Bertz CT molecular complexity index is 474. The molecule has 5 nitrogen and oxygen atoms in total. The molecule has 1 aliphatic heterocycles. The first-order chi connectivity index (χ1) is 11.0. The molecular formula is C17H28N2O3S. The smallest absolute Gasteiger partial charge is 0.220 e. The van der Waals surface area contributed by atoms with Crippen molar-refractivity contribution >= 4 is 17.2 Å². The highest BCUT2D eigenvalue weighted by Crippen LogP contribution is 2.26. The van der Waals surface area contributed by atoms with E-state index in [-0.39, 0.29) is 31.2 Å². The topological polar surface area (TPSA) is 72.8 Å². The van der Waals surface area contributed by atoms with Crippen LogP contribution in [0.3, 0.4) is 0 Å². The molecule has 130 valence electrons. The number of aliphatic hydroxyl groups is 2. The number of nitrogens with zero attached hydrogens (tertiary/aromatic N) is 1. The number of aliphatic hydroxyl groups excluding tert-OH is 2. The van der Waals surface area contributed by atoms with Gasteiger partial charge in [0, 0.05) is 25.6 Å². The summed E-state index contributed by atoms with van der Waals surface area (Å²) in [5.74, 6) is 0.874. The number of amides is 1. The van der Waals surface area contributed by atoms with E-state index in [1.54, 1.807) is 11.3 Å². The van der Waals surface area contributed by atoms with Crippen molar-refractivity contribution in [2.75, 3.05) is 26.3 Å². The number of likely N-dealkylation sites (tertiary alicyclic amines) is 1. The molecule has 6 heteroatoms. The van der Waals surface area contributed by atoms with Crippen molar-refractivity contribution in [1.29, 1.82) is 0 Å². The highest BCUT2D eigenvalue weighted by molar-refractivity contribution is 7.07. The van der Waals surface area contributed by atoms with Gasteiger partial charge in [0.05, 0.1) is 19.3 Å². The van der Waals surface area contributed by atoms with Crippen molar-refractivity contribution in [3.05, 3.63) is 22.4 Å². The van der Waals surface area contributed by atoms with Crippen LogP contribution in [0.2, 0.25) is 0 Å². The maximum Gasteiger partial charge on any atom is 0.220 e. The van der Waals surface area contributed by atoms with Gasteiger partial charge in [-0.1, -0.05) is 13.8 Å². The van der Waals surface area contributed by atoms with E-state index in [0.717, 1.165) is 13.0 Å². The SMILES string of the molecule is CC(C)[C@@H]1CN(C(CO)CO)C[C@H]1NC(=O)CCc1ccsc1. The Kier molecular flexibility index (Phi) is 7.02. The van der Waals surface area contributed by atoms with Crippen LogP contribution < -0.4 is 5.32 Å². The quantitative estimate of drug-likeness (QED) is 0.663. The normalized spacial score (nSPS) is 22.2. The zero-order valence-electron chi connectivity index (χ0n) is 13.9. The van der Waals surface area contributed by atoms with Crippen LogP contribution in [0.15, 0.2) is 16.8 Å². The van der Waals surface area contributed by atoms with Gasteiger partial charge in [-0.15, -0.1) is 0 Å². The van der Waals surface area contributed by atoms with E-state index in [2.05, 4.69) is 35.5 Å². The lowest BCUT2D eigenvalue weighted by molar-refractivity contribution is -0.122. The molecule has 2 rings (SSSR count). The molecule has 1 saturated heterocycles. The van der Waals surface area contributed by atoms with E-state index in [1.165, 1.54) is 5.56 Å². The third kappa shape index (κ3) is 5.01. The minimum absolute atomic E-state index is 0.0554. The lowest BCUT2D eigenvalue weighted by atomic mass is 9.91. The molecule has 0 aromatic carbocycles. The predicted octanol–water partition coefficient (Wildman–Crippen LogP) is 1.11. The second kappa shape index (κ2) is 8.78. The number of aryl methyl sites for hydroxylation is 1. The Hall–Kier alpha value is -0.950. The summed E-state index contributed by atoms with van der Waals surface area (Å²) >= 11 is 1.65. The first kappa shape index (κ1) is 18.4. The lowest BCUT2D eigenvalue weighted by Crippen LogP contribution is -2.43. The minimum atomic E-state index is -0.232. The average molecular weight is 340 g/mol. The molecule has 0 radical (unpaired) electrons. The largest absolute Gasteiger partial charge is 0.395 e. The lowest BCUT2D eigenvalue weighted by Gasteiger charge is -2.24. The number of thiophene rings is 1. The van der Waals surface area contributed by atoms with Gasteiger partial charge in [-0.2, -0.15) is 11.3 Å². The fourth-order valence-electron chi connectivity index (χ4n) is 3.25. The van der Waals surface area contributed by atoms with Gasteiger partial charge in [0.15, 0.2) is 0 Å². The van der Waals surface area contributed by atoms with Crippen LogP contribution in [0.25, 0.3) is 0 Å². The molecule has 0 aliphatic carbocycles. The van der Waals surface area contributed by atoms with Crippen LogP contribution >= 0.6 is 11.3 Å². The molecule has 1 aromatic heterocycles. The summed E-state index contributed by atoms with van der Waals surface area (Å²) in [5, 5.41) is 26.0. The highest BCUT2D eigenvalue weighted by Gasteiger charge is 2.37. The number of nitrogens with one attached hydrogen (secondary N) is 1. The van der Waals surface area contributed by atoms with E-state index in [9.17, 15) is 15.0 Å². The molecular weight excluding hydrogens is 312 g/mol. The minimum Gasteiger partial charge on any atom is -0.395 e. The van der Waals surface area contributed by atoms with Crippen molar-refractivity contribution in [2.45, 2.75) is 38.8 Å². The Morgan fingerprint density at radius 3 is 2.70 bits per heavy atom. The number of rotatable bonds is 8. The van der Waals surface area contributed by atoms with Crippen LogP contribution in [-0.2, 0) is 11.2 Å². The summed E-state index contributed by atoms with van der Waals surface area (Å²) in [4.78, 5) is 14.3. The molecule has 0 bridgehead atoms. The van der Waals surface area contributed by atoms with Gasteiger partial charge in [0.25, 0.3) is 0 Å². The van der Waals surface area contributed by atoms with E-state index in [4.69, 9.17) is 0 Å². The standard InChI is InChI=1S/C17H28N2O3S/c1-12(2)15-7-19(14(9-20)10-21)8-16(15)18-17(22)4-3-13-5-6-23-11-13/h5-6,11-12,14-16,20-21H,3-4,7-10H2,1-2H3,(H,18,22)/t15-,16+/m0/s1. The van der Waals surface area contributed by atoms with E-state index in [1.807, 2.05) is 5.38 Å². The predicted molar refractivity (Wildman–Crippen MR) is 92.4 cm³/mol. The Balaban J connectivity index is 1.89. The molecule has 2 heterocycles. The number of carbonyl (C=O) groups excluding carboxylic acids is 1. The molecule has 0 spiro atoms. The molecule has 1 aromatic rings. The van der Waals surface area contributed by atoms with Crippen molar-refractivity contribution in [3.8, 4) is 0 Å². The average Bonchev–Trinajstić information content (AvgIpc) is 3.16. The molecule has 23 heavy (non-hydrogen) atoms. The fraction of sp³-hybridized carbons (Fsp3) is 0.706. The van der Waals surface area contributed by atoms with Crippen LogP contribution in [0, 0.1) is 11.8 Å². The first-order valence-electron chi connectivity index (χ1n) is 8.31. The third-order valence-electron chi connectivity index (χ3n) is 4.75. The maximum atomic E-state index is 12.3. The van der Waals surface area contributed by atoms with Gasteiger partial charge >= 0.3 is 0 Å². The first-order valence-corrected chi connectivity index (χ1v) is 9.25. The summed E-state index contributed by atoms with van der Waals surface area (Å²) in [6.07, 6.45) is 1.27. The molecule has 3 N–H and O–H groups in total. The van der Waals surface area contributed by atoms with Crippen LogP contribution in [0.4, 0.5) is 0 Å². The second-order valence-electron chi connectivity index (χ2n) is 6.69.